The zero-order valence-electron chi connectivity index (χ0n) is 8.93. The Balaban J connectivity index is 1.88. The zero-order chi connectivity index (χ0) is 11.2. The number of hydrogen-bond acceptors (Lipinski definition) is 6. The summed E-state index contributed by atoms with van der Waals surface area (Å²) >= 11 is 1.55. The van der Waals surface area contributed by atoms with Gasteiger partial charge in [0.1, 0.15) is 6.33 Å². The minimum atomic E-state index is 0.707. The molecule has 0 saturated heterocycles. The number of methoxy groups -OCH3 is 1. The van der Waals surface area contributed by atoms with Crippen molar-refractivity contribution in [2.24, 2.45) is 0 Å². The highest BCUT2D eigenvalue weighted by atomic mass is 32.1. The number of H-pyrrole nitrogens is 1. The SMILES string of the molecule is COCCNCc1csc(-c2ncn[nH]2)n1. The summed E-state index contributed by atoms with van der Waals surface area (Å²) in [5.41, 5.74) is 1.01. The van der Waals surface area contributed by atoms with E-state index in [9.17, 15) is 0 Å². The normalized spacial score (nSPS) is 10.8. The molecule has 0 unspecified atom stereocenters. The third kappa shape index (κ3) is 2.84. The molecule has 0 radical (unpaired) electrons. The van der Waals surface area contributed by atoms with Crippen molar-refractivity contribution in [2.75, 3.05) is 20.3 Å². The number of nitrogens with zero attached hydrogens (tertiary/aromatic N) is 3. The van der Waals surface area contributed by atoms with Crippen LogP contribution in [0.3, 0.4) is 0 Å². The highest BCUT2D eigenvalue weighted by Gasteiger charge is 2.06. The molecule has 0 aliphatic carbocycles. The largest absolute Gasteiger partial charge is 0.383 e. The molecule has 2 rings (SSSR count). The maximum atomic E-state index is 4.94. The average Bonchev–Trinajstić information content (AvgIpc) is 2.94. The van der Waals surface area contributed by atoms with Gasteiger partial charge in [0.15, 0.2) is 10.8 Å². The van der Waals surface area contributed by atoms with E-state index >= 15 is 0 Å². The highest BCUT2D eigenvalue weighted by molar-refractivity contribution is 7.13. The molecule has 7 heteroatoms. The maximum absolute atomic E-state index is 4.94. The van der Waals surface area contributed by atoms with E-state index in [-0.39, 0.29) is 0 Å². The molecule has 0 bridgehead atoms. The summed E-state index contributed by atoms with van der Waals surface area (Å²) in [5, 5.41) is 12.7. The standard InChI is InChI=1S/C9H13N5OS/c1-15-3-2-10-4-7-5-16-9(13-7)8-11-6-12-14-8/h5-6,10H,2-4H2,1H3,(H,11,12,14). The first kappa shape index (κ1) is 11.2. The first-order valence-electron chi connectivity index (χ1n) is 4.90. The molecule has 6 nitrogen and oxygen atoms in total. The summed E-state index contributed by atoms with van der Waals surface area (Å²) < 4.78 is 4.94. The van der Waals surface area contributed by atoms with E-state index in [0.717, 1.165) is 23.8 Å². The first-order chi connectivity index (χ1) is 7.90. The van der Waals surface area contributed by atoms with Gasteiger partial charge in [-0.1, -0.05) is 0 Å². The third-order valence-corrected chi connectivity index (χ3v) is 2.86. The minimum absolute atomic E-state index is 0.707. The average molecular weight is 239 g/mol. The van der Waals surface area contributed by atoms with Crippen LogP contribution in [0.25, 0.3) is 10.8 Å². The quantitative estimate of drug-likeness (QED) is 0.724. The molecule has 0 aliphatic rings. The van der Waals surface area contributed by atoms with Crippen LogP contribution >= 0.6 is 11.3 Å². The van der Waals surface area contributed by atoms with Crippen molar-refractivity contribution in [3.8, 4) is 10.8 Å². The van der Waals surface area contributed by atoms with Crippen molar-refractivity contribution < 1.29 is 4.74 Å². The molecular formula is C9H13N5OS. The fourth-order valence-corrected chi connectivity index (χ4v) is 1.96. The molecule has 0 aromatic carbocycles. The van der Waals surface area contributed by atoms with Gasteiger partial charge in [0.05, 0.1) is 12.3 Å². The van der Waals surface area contributed by atoms with Gasteiger partial charge in [-0.25, -0.2) is 9.97 Å². The Morgan fingerprint density at radius 1 is 1.56 bits per heavy atom. The van der Waals surface area contributed by atoms with Crippen LogP contribution in [0.4, 0.5) is 0 Å². The van der Waals surface area contributed by atoms with Crippen LogP contribution in [-0.2, 0) is 11.3 Å². The number of ether oxygens (including phenoxy) is 1. The molecular weight excluding hydrogens is 226 g/mol. The Hall–Kier alpha value is -1.31. The molecule has 0 amide bonds. The van der Waals surface area contributed by atoms with Crippen molar-refractivity contribution in [1.82, 2.24) is 25.5 Å². The van der Waals surface area contributed by atoms with E-state index < -0.39 is 0 Å². The van der Waals surface area contributed by atoms with Crippen molar-refractivity contribution in [3.63, 3.8) is 0 Å². The van der Waals surface area contributed by atoms with E-state index in [1.54, 1.807) is 18.4 Å². The van der Waals surface area contributed by atoms with Crippen LogP contribution < -0.4 is 5.32 Å². The number of aromatic amines is 1. The molecule has 0 saturated carbocycles. The Labute approximate surface area is 97.1 Å². The van der Waals surface area contributed by atoms with Crippen molar-refractivity contribution in [1.29, 1.82) is 0 Å². The van der Waals surface area contributed by atoms with Gasteiger partial charge in [0.25, 0.3) is 0 Å². The van der Waals surface area contributed by atoms with Crippen LogP contribution in [0.2, 0.25) is 0 Å². The van der Waals surface area contributed by atoms with E-state index in [1.807, 2.05) is 5.38 Å². The lowest BCUT2D eigenvalue weighted by Crippen LogP contribution is -2.18. The van der Waals surface area contributed by atoms with Crippen molar-refractivity contribution in [3.05, 3.63) is 17.4 Å². The van der Waals surface area contributed by atoms with Gasteiger partial charge in [-0.3, -0.25) is 5.10 Å². The van der Waals surface area contributed by atoms with Gasteiger partial charge in [0, 0.05) is 25.6 Å². The number of nitrogens with one attached hydrogen (secondary N) is 2. The molecule has 2 aromatic rings. The first-order valence-corrected chi connectivity index (χ1v) is 5.78. The molecule has 0 spiro atoms. The molecule has 16 heavy (non-hydrogen) atoms. The summed E-state index contributed by atoms with van der Waals surface area (Å²) in [5.74, 6) is 0.716. The second-order valence-corrected chi connectivity index (χ2v) is 4.01. The molecule has 2 N–H and O–H groups in total. The van der Waals surface area contributed by atoms with Gasteiger partial charge in [-0.15, -0.1) is 11.3 Å². The second-order valence-electron chi connectivity index (χ2n) is 3.15. The lowest BCUT2D eigenvalue weighted by molar-refractivity contribution is 0.199. The van der Waals surface area contributed by atoms with Gasteiger partial charge >= 0.3 is 0 Å². The van der Waals surface area contributed by atoms with E-state index in [1.165, 1.54) is 6.33 Å². The fourth-order valence-electron chi connectivity index (χ4n) is 1.20. The summed E-state index contributed by atoms with van der Waals surface area (Å²) in [6.07, 6.45) is 1.48. The van der Waals surface area contributed by atoms with Crippen LogP contribution in [0.1, 0.15) is 5.69 Å². The van der Waals surface area contributed by atoms with Crippen molar-refractivity contribution in [2.45, 2.75) is 6.54 Å². The molecule has 2 heterocycles. The predicted molar refractivity (Wildman–Crippen MR) is 61.1 cm³/mol. The van der Waals surface area contributed by atoms with Crippen LogP contribution in [0.15, 0.2) is 11.7 Å². The second kappa shape index (κ2) is 5.69. The van der Waals surface area contributed by atoms with Crippen LogP contribution in [-0.4, -0.2) is 40.4 Å². The molecule has 0 atom stereocenters. The van der Waals surface area contributed by atoms with Gasteiger partial charge in [-0.2, -0.15) is 5.10 Å². The van der Waals surface area contributed by atoms with Gasteiger partial charge in [-0.05, 0) is 0 Å². The van der Waals surface area contributed by atoms with Gasteiger partial charge < -0.3 is 10.1 Å². The molecule has 0 aliphatic heterocycles. The summed E-state index contributed by atoms with van der Waals surface area (Å²) in [6.45, 7) is 2.28. The van der Waals surface area contributed by atoms with E-state index in [2.05, 4.69) is 25.5 Å². The van der Waals surface area contributed by atoms with Crippen LogP contribution in [0.5, 0.6) is 0 Å². The predicted octanol–water partition coefficient (Wildman–Crippen LogP) is 0.664. The number of rotatable bonds is 6. The summed E-state index contributed by atoms with van der Waals surface area (Å²) in [4.78, 5) is 8.48. The molecule has 2 aromatic heterocycles. The topological polar surface area (TPSA) is 75.7 Å². The van der Waals surface area contributed by atoms with Crippen LogP contribution in [0, 0.1) is 0 Å². The smallest absolute Gasteiger partial charge is 0.184 e. The van der Waals surface area contributed by atoms with E-state index in [4.69, 9.17) is 4.74 Å². The Kier molecular flexibility index (Phi) is 3.97. The Morgan fingerprint density at radius 3 is 3.25 bits per heavy atom. The number of aromatic nitrogens is 4. The number of thiazole rings is 1. The van der Waals surface area contributed by atoms with Crippen molar-refractivity contribution >= 4 is 11.3 Å². The summed E-state index contributed by atoms with van der Waals surface area (Å²) in [6, 6.07) is 0. The maximum Gasteiger partial charge on any atom is 0.184 e. The van der Waals surface area contributed by atoms with E-state index in [0.29, 0.717) is 12.4 Å². The molecule has 0 fully saturated rings. The fraction of sp³-hybridized carbons (Fsp3) is 0.444. The zero-order valence-corrected chi connectivity index (χ0v) is 9.75. The lowest BCUT2D eigenvalue weighted by Gasteiger charge is -2.00. The Morgan fingerprint density at radius 2 is 2.50 bits per heavy atom. The number of hydrogen-bond donors (Lipinski definition) is 2. The third-order valence-electron chi connectivity index (χ3n) is 1.96. The summed E-state index contributed by atoms with van der Waals surface area (Å²) in [7, 11) is 1.69. The lowest BCUT2D eigenvalue weighted by atomic mass is 10.4. The van der Waals surface area contributed by atoms with Gasteiger partial charge in [0.2, 0.25) is 0 Å². The molecule has 86 valence electrons. The monoisotopic (exact) mass is 239 g/mol. The minimum Gasteiger partial charge on any atom is -0.383 e. The highest BCUT2D eigenvalue weighted by Crippen LogP contribution is 2.18. The Bertz CT molecular complexity index is 413.